The first-order chi connectivity index (χ1) is 12.6. The van der Waals surface area contributed by atoms with Crippen molar-refractivity contribution in [3.05, 3.63) is 70.8 Å². The molecular formula is C21H22N2O3. The highest BCUT2D eigenvalue weighted by Crippen LogP contribution is 2.44. The molecule has 1 heterocycles. The maximum absolute atomic E-state index is 13.1. The lowest BCUT2D eigenvalue weighted by Crippen LogP contribution is -2.38. The molecule has 1 spiro atoms. The van der Waals surface area contributed by atoms with Crippen LogP contribution in [0.25, 0.3) is 0 Å². The first-order valence-corrected chi connectivity index (χ1v) is 9.01. The number of aryl methyl sites for hydroxylation is 1. The number of benzene rings is 2. The van der Waals surface area contributed by atoms with Gasteiger partial charge in [-0.25, -0.2) is 5.48 Å². The fourth-order valence-electron chi connectivity index (χ4n) is 4.31. The van der Waals surface area contributed by atoms with Crippen LogP contribution < -0.4 is 5.48 Å². The van der Waals surface area contributed by atoms with Crippen molar-refractivity contribution in [1.29, 1.82) is 0 Å². The molecule has 5 heteroatoms. The van der Waals surface area contributed by atoms with E-state index in [2.05, 4.69) is 12.1 Å². The molecule has 0 radical (unpaired) electrons. The molecule has 1 aliphatic heterocycles. The molecule has 1 fully saturated rings. The van der Waals surface area contributed by atoms with Crippen LogP contribution >= 0.6 is 0 Å². The third-order valence-electron chi connectivity index (χ3n) is 5.79. The lowest BCUT2D eigenvalue weighted by Gasteiger charge is -2.33. The van der Waals surface area contributed by atoms with Gasteiger partial charge in [-0.1, -0.05) is 36.4 Å². The van der Waals surface area contributed by atoms with E-state index in [1.807, 2.05) is 35.2 Å². The van der Waals surface area contributed by atoms with Crippen LogP contribution in [0.3, 0.4) is 0 Å². The van der Waals surface area contributed by atoms with Crippen molar-refractivity contribution in [2.75, 3.05) is 6.54 Å². The third-order valence-corrected chi connectivity index (χ3v) is 5.79. The van der Waals surface area contributed by atoms with E-state index in [0.29, 0.717) is 12.1 Å². The predicted octanol–water partition coefficient (Wildman–Crippen LogP) is 2.71. The van der Waals surface area contributed by atoms with Crippen LogP contribution in [0.1, 0.15) is 39.9 Å². The molecule has 1 atom stereocenters. The Morgan fingerprint density at radius 3 is 2.69 bits per heavy atom. The molecule has 2 amide bonds. The zero-order chi connectivity index (χ0) is 18.1. The summed E-state index contributed by atoms with van der Waals surface area (Å²) in [6, 6.07) is 15.6. The normalized spacial score (nSPS) is 21.7. The molecule has 2 N–H and O–H groups in total. The van der Waals surface area contributed by atoms with Crippen molar-refractivity contribution in [3.8, 4) is 0 Å². The zero-order valence-corrected chi connectivity index (χ0v) is 14.6. The number of nitrogens with one attached hydrogen (secondary N) is 1. The van der Waals surface area contributed by atoms with Crippen molar-refractivity contribution >= 4 is 11.8 Å². The van der Waals surface area contributed by atoms with Crippen LogP contribution in [-0.4, -0.2) is 28.5 Å². The second-order valence-corrected chi connectivity index (χ2v) is 7.34. The highest BCUT2D eigenvalue weighted by Gasteiger charge is 2.47. The molecule has 5 nitrogen and oxygen atoms in total. The average Bonchev–Trinajstić information content (AvgIpc) is 2.97. The number of rotatable bonds is 3. The number of carbonyl (C=O) groups excluding carboxylic acids is 2. The van der Waals surface area contributed by atoms with Crippen LogP contribution in [0.2, 0.25) is 0 Å². The Labute approximate surface area is 152 Å². The molecule has 0 unspecified atom stereocenters. The number of hydroxylamine groups is 1. The van der Waals surface area contributed by atoms with Gasteiger partial charge in [0.1, 0.15) is 0 Å². The van der Waals surface area contributed by atoms with Crippen LogP contribution in [-0.2, 0) is 24.2 Å². The molecular weight excluding hydrogens is 328 g/mol. The molecule has 2 aromatic rings. The average molecular weight is 350 g/mol. The molecule has 1 aliphatic carbocycles. The lowest BCUT2D eigenvalue weighted by atomic mass is 9.70. The molecule has 134 valence electrons. The minimum Gasteiger partial charge on any atom is -0.338 e. The summed E-state index contributed by atoms with van der Waals surface area (Å²) in [6.07, 6.45) is 3.21. The second-order valence-electron chi connectivity index (χ2n) is 7.34. The minimum atomic E-state index is -0.501. The van der Waals surface area contributed by atoms with Crippen LogP contribution in [0, 0.1) is 5.41 Å². The van der Waals surface area contributed by atoms with Crippen LogP contribution in [0.4, 0.5) is 0 Å². The third kappa shape index (κ3) is 2.88. The summed E-state index contributed by atoms with van der Waals surface area (Å²) in [5.41, 5.74) is 5.22. The first-order valence-electron chi connectivity index (χ1n) is 9.01. The number of carbonyl (C=O) groups is 2. The Morgan fingerprint density at radius 1 is 1.12 bits per heavy atom. The van der Waals surface area contributed by atoms with E-state index >= 15 is 0 Å². The molecule has 0 aromatic heterocycles. The van der Waals surface area contributed by atoms with Gasteiger partial charge >= 0.3 is 0 Å². The molecule has 2 aliphatic rings. The highest BCUT2D eigenvalue weighted by molar-refractivity contribution is 5.93. The number of nitrogens with zero attached hydrogens (tertiary/aromatic N) is 1. The molecule has 26 heavy (non-hydrogen) atoms. The highest BCUT2D eigenvalue weighted by atomic mass is 16.5. The van der Waals surface area contributed by atoms with Gasteiger partial charge in [-0.05, 0) is 54.5 Å². The quantitative estimate of drug-likeness (QED) is 0.661. The van der Waals surface area contributed by atoms with E-state index < -0.39 is 5.91 Å². The fourth-order valence-corrected chi connectivity index (χ4v) is 4.31. The Morgan fingerprint density at radius 2 is 1.92 bits per heavy atom. The number of hydrogen-bond acceptors (Lipinski definition) is 3. The van der Waals surface area contributed by atoms with E-state index in [1.54, 1.807) is 11.5 Å². The Hall–Kier alpha value is -2.66. The van der Waals surface area contributed by atoms with Crippen molar-refractivity contribution in [3.63, 3.8) is 0 Å². The molecule has 1 saturated heterocycles. The maximum Gasteiger partial charge on any atom is 0.274 e. The monoisotopic (exact) mass is 350 g/mol. The number of fused-ring (bicyclic) bond motifs is 1. The van der Waals surface area contributed by atoms with E-state index in [0.717, 1.165) is 48.9 Å². The van der Waals surface area contributed by atoms with Crippen molar-refractivity contribution < 1.29 is 14.8 Å². The first kappa shape index (κ1) is 16.8. The largest absolute Gasteiger partial charge is 0.338 e. The summed E-state index contributed by atoms with van der Waals surface area (Å²) in [6.45, 7) is 1.47. The van der Waals surface area contributed by atoms with Crippen LogP contribution in [0.5, 0.6) is 0 Å². The van der Waals surface area contributed by atoms with E-state index in [-0.39, 0.29) is 11.3 Å². The number of hydrogen-bond donors (Lipinski definition) is 2. The van der Waals surface area contributed by atoms with E-state index in [4.69, 9.17) is 5.21 Å². The van der Waals surface area contributed by atoms with Gasteiger partial charge in [-0.3, -0.25) is 14.8 Å². The Kier molecular flexibility index (Phi) is 4.24. The zero-order valence-electron chi connectivity index (χ0n) is 14.6. The topological polar surface area (TPSA) is 69.6 Å². The van der Waals surface area contributed by atoms with Gasteiger partial charge in [0.05, 0.1) is 5.41 Å². The number of amides is 2. The molecule has 0 saturated carbocycles. The smallest absolute Gasteiger partial charge is 0.274 e. The van der Waals surface area contributed by atoms with Crippen molar-refractivity contribution in [2.24, 2.45) is 5.41 Å². The van der Waals surface area contributed by atoms with Crippen LogP contribution in [0.15, 0.2) is 48.5 Å². The fraction of sp³-hybridized carbons (Fsp3) is 0.333. The Bertz CT molecular complexity index is 850. The van der Waals surface area contributed by atoms with E-state index in [9.17, 15) is 9.59 Å². The van der Waals surface area contributed by atoms with Gasteiger partial charge in [0.25, 0.3) is 5.91 Å². The predicted molar refractivity (Wildman–Crippen MR) is 96.6 cm³/mol. The lowest BCUT2D eigenvalue weighted by molar-refractivity contribution is -0.137. The second kappa shape index (κ2) is 6.57. The summed E-state index contributed by atoms with van der Waals surface area (Å²) < 4.78 is 0. The van der Waals surface area contributed by atoms with Crippen molar-refractivity contribution in [1.82, 2.24) is 10.4 Å². The summed E-state index contributed by atoms with van der Waals surface area (Å²) in [5.74, 6) is -0.247. The Balaban J connectivity index is 1.52. The summed E-state index contributed by atoms with van der Waals surface area (Å²) in [5, 5.41) is 8.80. The van der Waals surface area contributed by atoms with Gasteiger partial charge in [-0.2, -0.15) is 0 Å². The number of likely N-dealkylation sites (tertiary alicyclic amines) is 1. The van der Waals surface area contributed by atoms with Gasteiger partial charge < -0.3 is 4.90 Å². The summed E-state index contributed by atoms with van der Waals surface area (Å²) in [7, 11) is 0. The van der Waals surface area contributed by atoms with E-state index in [1.165, 1.54) is 0 Å². The van der Waals surface area contributed by atoms with Gasteiger partial charge in [0.15, 0.2) is 0 Å². The maximum atomic E-state index is 13.1. The van der Waals surface area contributed by atoms with Gasteiger partial charge in [0, 0.05) is 18.7 Å². The van der Waals surface area contributed by atoms with Gasteiger partial charge in [-0.15, -0.1) is 0 Å². The molecule has 4 rings (SSSR count). The molecule has 0 bridgehead atoms. The standard InChI is InChI=1S/C21H22N2O3/c24-19(22-26)17-6-7-18-13-21(9-8-16(18)12-17)10-11-23(20(21)25)14-15-4-2-1-3-5-15/h1-7,12,26H,8-11,13-14H2,(H,22,24)/t21-/m1/s1. The summed E-state index contributed by atoms with van der Waals surface area (Å²) >= 11 is 0. The minimum absolute atomic E-state index is 0.254. The SMILES string of the molecule is O=C(NO)c1ccc2c(c1)CC[C@@]1(CCN(Cc3ccccc3)C1=O)C2. The summed E-state index contributed by atoms with van der Waals surface area (Å²) in [4.78, 5) is 26.7. The van der Waals surface area contributed by atoms with Crippen molar-refractivity contribution in [2.45, 2.75) is 32.2 Å². The molecule has 2 aromatic carbocycles. The van der Waals surface area contributed by atoms with Gasteiger partial charge in [0.2, 0.25) is 5.91 Å².